The number of hydrogen-bond acceptors (Lipinski definition) is 3. The Kier molecular flexibility index (Phi) is 5.24. The molecule has 0 radical (unpaired) electrons. The van der Waals surface area contributed by atoms with E-state index in [0.717, 1.165) is 6.07 Å². The fourth-order valence-corrected chi connectivity index (χ4v) is 3.01. The first kappa shape index (κ1) is 16.6. The van der Waals surface area contributed by atoms with E-state index in [4.69, 9.17) is 5.11 Å². The minimum Gasteiger partial charge on any atom is -0.481 e. The number of halogens is 1. The van der Waals surface area contributed by atoms with Crippen molar-refractivity contribution in [3.8, 4) is 0 Å². The summed E-state index contributed by atoms with van der Waals surface area (Å²) < 4.78 is 40.0. The van der Waals surface area contributed by atoms with Gasteiger partial charge in [0.25, 0.3) is 0 Å². The quantitative estimate of drug-likeness (QED) is 0.841. The van der Waals surface area contributed by atoms with Crippen molar-refractivity contribution >= 4 is 16.0 Å². The molecule has 112 valence electrons. The molecule has 0 aliphatic heterocycles. The Bertz CT molecular complexity index is 598. The summed E-state index contributed by atoms with van der Waals surface area (Å²) in [6, 6.07) is 2.84. The van der Waals surface area contributed by atoms with Crippen molar-refractivity contribution < 1.29 is 22.7 Å². The predicted molar refractivity (Wildman–Crippen MR) is 72.3 cm³/mol. The van der Waals surface area contributed by atoms with Gasteiger partial charge in [0.1, 0.15) is 5.82 Å². The van der Waals surface area contributed by atoms with E-state index in [1.54, 1.807) is 13.8 Å². The van der Waals surface area contributed by atoms with Gasteiger partial charge in [0.05, 0.1) is 11.3 Å². The Morgan fingerprint density at radius 1 is 1.40 bits per heavy atom. The van der Waals surface area contributed by atoms with Crippen LogP contribution in [0.4, 0.5) is 4.39 Å². The Morgan fingerprint density at radius 2 is 2.00 bits per heavy atom. The molecule has 1 aromatic rings. The Balaban J connectivity index is 3.03. The van der Waals surface area contributed by atoms with Gasteiger partial charge in [-0.25, -0.2) is 17.5 Å². The molecule has 0 heterocycles. The minimum absolute atomic E-state index is 0.198. The third-order valence-corrected chi connectivity index (χ3v) is 4.45. The number of carboxylic acids is 1. The molecule has 0 amide bonds. The fourth-order valence-electron chi connectivity index (χ4n) is 1.61. The highest BCUT2D eigenvalue weighted by Gasteiger charge is 2.25. The van der Waals surface area contributed by atoms with Gasteiger partial charge in [-0.2, -0.15) is 0 Å². The number of rotatable bonds is 6. The van der Waals surface area contributed by atoms with Crippen LogP contribution >= 0.6 is 0 Å². The van der Waals surface area contributed by atoms with E-state index in [-0.39, 0.29) is 17.2 Å². The molecule has 0 saturated carbocycles. The summed E-state index contributed by atoms with van der Waals surface area (Å²) in [5, 5.41) is 8.79. The first-order valence-electron chi connectivity index (χ1n) is 6.13. The number of sulfonamides is 1. The third kappa shape index (κ3) is 4.28. The second kappa shape index (κ2) is 6.32. The molecule has 0 fully saturated rings. The van der Waals surface area contributed by atoms with Gasteiger partial charge < -0.3 is 5.11 Å². The number of aliphatic carboxylic acids is 1. The molecule has 1 rings (SSSR count). The van der Waals surface area contributed by atoms with E-state index < -0.39 is 27.9 Å². The molecular formula is C13H18FNO4S. The molecule has 1 unspecified atom stereocenters. The van der Waals surface area contributed by atoms with Crippen LogP contribution < -0.4 is 4.72 Å². The van der Waals surface area contributed by atoms with Crippen molar-refractivity contribution in [2.75, 3.05) is 0 Å². The highest BCUT2D eigenvalue weighted by molar-refractivity contribution is 7.89. The molecule has 1 aromatic carbocycles. The highest BCUT2D eigenvalue weighted by atomic mass is 32.2. The van der Waals surface area contributed by atoms with Gasteiger partial charge in [0.2, 0.25) is 10.0 Å². The molecule has 2 N–H and O–H groups in total. The lowest BCUT2D eigenvalue weighted by Gasteiger charge is -2.20. The van der Waals surface area contributed by atoms with Crippen LogP contribution in [0.1, 0.15) is 25.8 Å². The van der Waals surface area contributed by atoms with Gasteiger partial charge in [-0.3, -0.25) is 4.79 Å². The third-order valence-electron chi connectivity index (χ3n) is 2.96. The summed E-state index contributed by atoms with van der Waals surface area (Å²) in [7, 11) is -3.94. The molecular weight excluding hydrogens is 285 g/mol. The fraction of sp³-hybridized carbons (Fsp3) is 0.462. The maximum atomic E-state index is 13.4. The maximum Gasteiger partial charge on any atom is 0.304 e. The van der Waals surface area contributed by atoms with Crippen LogP contribution in [-0.2, 0) is 14.8 Å². The van der Waals surface area contributed by atoms with Crippen molar-refractivity contribution in [1.29, 1.82) is 0 Å². The highest BCUT2D eigenvalue weighted by Crippen LogP contribution is 2.16. The van der Waals surface area contributed by atoms with E-state index in [0.29, 0.717) is 5.56 Å². The summed E-state index contributed by atoms with van der Waals surface area (Å²) in [5.41, 5.74) is 0.342. The monoisotopic (exact) mass is 303 g/mol. The standard InChI is InChI=1S/C13H18FNO4S/c1-8(2)12(7-13(16)17)15-20(18,19)10-5-4-9(3)11(14)6-10/h4-6,8,12,15H,7H2,1-3H3,(H,16,17). The van der Waals surface area contributed by atoms with E-state index in [2.05, 4.69) is 4.72 Å². The van der Waals surface area contributed by atoms with Gasteiger partial charge in [-0.15, -0.1) is 0 Å². The van der Waals surface area contributed by atoms with E-state index in [1.165, 1.54) is 19.1 Å². The molecule has 20 heavy (non-hydrogen) atoms. The number of carbonyl (C=O) groups is 1. The average Bonchev–Trinajstić information content (AvgIpc) is 2.30. The zero-order valence-electron chi connectivity index (χ0n) is 11.6. The van der Waals surface area contributed by atoms with Crippen molar-refractivity contribution in [3.63, 3.8) is 0 Å². The molecule has 0 aliphatic rings. The molecule has 0 spiro atoms. The molecule has 0 aliphatic carbocycles. The predicted octanol–water partition coefficient (Wildman–Crippen LogP) is 1.91. The average molecular weight is 303 g/mol. The molecule has 0 bridgehead atoms. The van der Waals surface area contributed by atoms with Crippen LogP contribution in [0.25, 0.3) is 0 Å². The summed E-state index contributed by atoms with van der Waals surface area (Å²) in [6.45, 7) is 4.96. The van der Waals surface area contributed by atoms with Crippen LogP contribution in [0.2, 0.25) is 0 Å². The van der Waals surface area contributed by atoms with E-state index in [1.807, 2.05) is 0 Å². The van der Waals surface area contributed by atoms with Crippen LogP contribution in [-0.4, -0.2) is 25.5 Å². The van der Waals surface area contributed by atoms with Crippen LogP contribution in [0.3, 0.4) is 0 Å². The number of benzene rings is 1. The molecule has 0 aromatic heterocycles. The van der Waals surface area contributed by atoms with E-state index >= 15 is 0 Å². The lowest BCUT2D eigenvalue weighted by atomic mass is 10.0. The topological polar surface area (TPSA) is 83.5 Å². The smallest absolute Gasteiger partial charge is 0.304 e. The van der Waals surface area contributed by atoms with Crippen molar-refractivity contribution in [2.24, 2.45) is 5.92 Å². The van der Waals surface area contributed by atoms with E-state index in [9.17, 15) is 17.6 Å². The molecule has 0 saturated heterocycles. The van der Waals surface area contributed by atoms with Crippen molar-refractivity contribution in [1.82, 2.24) is 4.72 Å². The number of aryl methyl sites for hydroxylation is 1. The first-order valence-corrected chi connectivity index (χ1v) is 7.62. The maximum absolute atomic E-state index is 13.4. The number of hydrogen-bond donors (Lipinski definition) is 2. The number of nitrogens with one attached hydrogen (secondary N) is 1. The van der Waals surface area contributed by atoms with Crippen LogP contribution in [0.15, 0.2) is 23.1 Å². The van der Waals surface area contributed by atoms with Gasteiger partial charge in [0, 0.05) is 6.04 Å². The van der Waals surface area contributed by atoms with Gasteiger partial charge in [-0.1, -0.05) is 19.9 Å². The second-order valence-corrected chi connectivity index (χ2v) is 6.69. The second-order valence-electron chi connectivity index (χ2n) is 4.98. The summed E-state index contributed by atoms with van der Waals surface area (Å²) in [4.78, 5) is 10.5. The lowest BCUT2D eigenvalue weighted by Crippen LogP contribution is -2.40. The lowest BCUT2D eigenvalue weighted by molar-refractivity contribution is -0.137. The normalized spacial score (nSPS) is 13.4. The largest absolute Gasteiger partial charge is 0.481 e. The summed E-state index contributed by atoms with van der Waals surface area (Å²) >= 11 is 0. The van der Waals surface area contributed by atoms with Crippen molar-refractivity contribution in [3.05, 3.63) is 29.6 Å². The zero-order valence-corrected chi connectivity index (χ0v) is 12.4. The van der Waals surface area contributed by atoms with Crippen molar-refractivity contribution in [2.45, 2.75) is 38.1 Å². The molecule has 1 atom stereocenters. The Labute approximate surface area is 117 Å². The summed E-state index contributed by atoms with van der Waals surface area (Å²) in [6.07, 6.45) is -0.328. The molecule has 7 heteroatoms. The van der Waals surface area contributed by atoms with Crippen LogP contribution in [0.5, 0.6) is 0 Å². The minimum atomic E-state index is -3.94. The zero-order chi connectivity index (χ0) is 15.5. The molecule has 5 nitrogen and oxygen atoms in total. The van der Waals surface area contributed by atoms with Gasteiger partial charge in [-0.05, 0) is 30.5 Å². The van der Waals surface area contributed by atoms with Gasteiger partial charge in [0.15, 0.2) is 0 Å². The van der Waals surface area contributed by atoms with Gasteiger partial charge >= 0.3 is 5.97 Å². The summed E-state index contributed by atoms with van der Waals surface area (Å²) in [5.74, 6) is -1.91. The van der Waals surface area contributed by atoms with Crippen LogP contribution in [0, 0.1) is 18.7 Å². The SMILES string of the molecule is Cc1ccc(S(=O)(=O)NC(CC(=O)O)C(C)C)cc1F. The Morgan fingerprint density at radius 3 is 2.45 bits per heavy atom. The number of carboxylic acid groups (broad SMARTS) is 1. The first-order chi connectivity index (χ1) is 9.13. The Hall–Kier alpha value is -1.47.